The van der Waals surface area contributed by atoms with E-state index in [1.54, 1.807) is 13.0 Å². The molecule has 2 aromatic rings. The maximum absolute atomic E-state index is 10.9. The summed E-state index contributed by atoms with van der Waals surface area (Å²) in [4.78, 5) is 21.6. The predicted molar refractivity (Wildman–Crippen MR) is 60.2 cm³/mol. The van der Waals surface area contributed by atoms with Gasteiger partial charge >= 0.3 is 5.97 Å². The highest BCUT2D eigenvalue weighted by Gasteiger charge is 2.17. The lowest BCUT2D eigenvalue weighted by molar-refractivity contribution is 0.0659. The van der Waals surface area contributed by atoms with Crippen LogP contribution in [-0.4, -0.2) is 26.8 Å². The van der Waals surface area contributed by atoms with Gasteiger partial charge in [0.15, 0.2) is 0 Å². The molecule has 1 amide bonds. The molecular weight excluding hydrogens is 238 g/mol. The average Bonchev–Trinajstić information content (AvgIpc) is 2.97. The Morgan fingerprint density at radius 3 is 2.72 bits per heavy atom. The lowest BCUT2D eigenvalue weighted by atomic mass is 10.2. The Labute approximate surface area is 102 Å². The molecule has 1 unspecified atom stereocenters. The van der Waals surface area contributed by atoms with Crippen molar-refractivity contribution in [2.45, 2.75) is 13.0 Å². The van der Waals surface area contributed by atoms with Crippen LogP contribution in [-0.2, 0) is 0 Å². The quantitative estimate of drug-likeness (QED) is 0.835. The van der Waals surface area contributed by atoms with Crippen molar-refractivity contribution in [1.82, 2.24) is 9.78 Å². The number of amides is 1. The third-order valence-electron chi connectivity index (χ3n) is 2.53. The van der Waals surface area contributed by atoms with Crippen molar-refractivity contribution in [1.29, 1.82) is 0 Å². The number of nitrogens with zero attached hydrogens (tertiary/aromatic N) is 2. The summed E-state index contributed by atoms with van der Waals surface area (Å²) < 4.78 is 6.63. The molecule has 0 fully saturated rings. The normalized spacial score (nSPS) is 12.3. The number of nitrogens with two attached hydrogens (primary N) is 1. The van der Waals surface area contributed by atoms with Gasteiger partial charge in [0.1, 0.15) is 11.8 Å². The molecule has 0 saturated carbocycles. The third kappa shape index (κ3) is 2.10. The van der Waals surface area contributed by atoms with Crippen LogP contribution in [0, 0.1) is 0 Å². The topological polar surface area (TPSA) is 111 Å². The van der Waals surface area contributed by atoms with E-state index in [4.69, 9.17) is 15.3 Å². The second kappa shape index (κ2) is 4.36. The molecule has 94 valence electrons. The minimum absolute atomic E-state index is 0.140. The standard InChI is InChI=1S/C11H11N3O4/c1-6(8-2-3-9(18-8)11(16)17)14-5-7(4-13-14)10(12)15/h2-6H,1H3,(H2,12,15)(H,16,17). The molecule has 0 aliphatic carbocycles. The Morgan fingerprint density at radius 2 is 2.22 bits per heavy atom. The number of hydrogen-bond acceptors (Lipinski definition) is 4. The number of carboxylic acids is 1. The molecule has 0 aromatic carbocycles. The first-order valence-electron chi connectivity index (χ1n) is 5.16. The Kier molecular flexibility index (Phi) is 2.88. The van der Waals surface area contributed by atoms with Crippen molar-refractivity contribution in [2.24, 2.45) is 5.73 Å². The second-order valence-corrected chi connectivity index (χ2v) is 3.76. The van der Waals surface area contributed by atoms with Gasteiger partial charge in [0.2, 0.25) is 5.76 Å². The number of aromatic carboxylic acids is 1. The van der Waals surface area contributed by atoms with Gasteiger partial charge in [-0.2, -0.15) is 5.10 Å². The fourth-order valence-electron chi connectivity index (χ4n) is 1.50. The summed E-state index contributed by atoms with van der Waals surface area (Å²) in [6.45, 7) is 1.77. The molecule has 1 atom stereocenters. The number of primary amides is 1. The van der Waals surface area contributed by atoms with E-state index in [2.05, 4.69) is 5.10 Å². The number of aromatic nitrogens is 2. The molecule has 0 bridgehead atoms. The summed E-state index contributed by atoms with van der Waals surface area (Å²) in [5, 5.41) is 12.7. The fourth-order valence-corrected chi connectivity index (χ4v) is 1.50. The molecule has 2 rings (SSSR count). The molecule has 0 aliphatic heterocycles. The fraction of sp³-hybridized carbons (Fsp3) is 0.182. The van der Waals surface area contributed by atoms with E-state index >= 15 is 0 Å². The van der Waals surface area contributed by atoms with Crippen LogP contribution in [0.2, 0.25) is 0 Å². The molecule has 7 heteroatoms. The van der Waals surface area contributed by atoms with Gasteiger partial charge in [-0.25, -0.2) is 4.79 Å². The van der Waals surface area contributed by atoms with Crippen LogP contribution in [0.25, 0.3) is 0 Å². The largest absolute Gasteiger partial charge is 0.475 e. The Bertz CT molecular complexity index is 547. The van der Waals surface area contributed by atoms with Crippen molar-refractivity contribution in [3.05, 3.63) is 41.6 Å². The molecule has 0 radical (unpaired) electrons. The number of carbonyl (C=O) groups excluding carboxylic acids is 1. The number of furan rings is 1. The monoisotopic (exact) mass is 249 g/mol. The van der Waals surface area contributed by atoms with Crippen LogP contribution in [0.1, 0.15) is 39.6 Å². The van der Waals surface area contributed by atoms with E-state index in [0.717, 1.165) is 0 Å². The van der Waals surface area contributed by atoms with Gasteiger partial charge in [-0.05, 0) is 19.1 Å². The highest BCUT2D eigenvalue weighted by Crippen LogP contribution is 2.20. The Morgan fingerprint density at radius 1 is 1.50 bits per heavy atom. The highest BCUT2D eigenvalue weighted by molar-refractivity contribution is 5.92. The number of carboxylic acid groups (broad SMARTS) is 1. The Balaban J connectivity index is 2.26. The van der Waals surface area contributed by atoms with Crippen molar-refractivity contribution in [3.8, 4) is 0 Å². The van der Waals surface area contributed by atoms with E-state index < -0.39 is 11.9 Å². The van der Waals surface area contributed by atoms with Crippen LogP contribution >= 0.6 is 0 Å². The van der Waals surface area contributed by atoms with Crippen molar-refractivity contribution >= 4 is 11.9 Å². The molecule has 0 aliphatic rings. The van der Waals surface area contributed by atoms with Crippen LogP contribution in [0.5, 0.6) is 0 Å². The summed E-state index contributed by atoms with van der Waals surface area (Å²) in [6.07, 6.45) is 2.83. The zero-order chi connectivity index (χ0) is 13.3. The first kappa shape index (κ1) is 11.9. The van der Waals surface area contributed by atoms with Gasteiger partial charge in [-0.1, -0.05) is 0 Å². The highest BCUT2D eigenvalue weighted by atomic mass is 16.4. The van der Waals surface area contributed by atoms with Gasteiger partial charge < -0.3 is 15.3 Å². The smallest absolute Gasteiger partial charge is 0.371 e. The van der Waals surface area contributed by atoms with E-state index in [9.17, 15) is 9.59 Å². The summed E-state index contributed by atoms with van der Waals surface area (Å²) in [5.41, 5.74) is 5.40. The van der Waals surface area contributed by atoms with Gasteiger partial charge in [0.05, 0.1) is 11.8 Å². The third-order valence-corrected chi connectivity index (χ3v) is 2.53. The Hall–Kier alpha value is -2.57. The molecule has 0 spiro atoms. The first-order valence-corrected chi connectivity index (χ1v) is 5.16. The minimum Gasteiger partial charge on any atom is -0.475 e. The minimum atomic E-state index is -1.13. The van der Waals surface area contributed by atoms with Crippen molar-refractivity contribution in [3.63, 3.8) is 0 Å². The average molecular weight is 249 g/mol. The maximum atomic E-state index is 10.9. The zero-order valence-corrected chi connectivity index (χ0v) is 9.53. The predicted octanol–water partition coefficient (Wildman–Crippen LogP) is 0.883. The van der Waals surface area contributed by atoms with Gasteiger partial charge in [0, 0.05) is 6.20 Å². The maximum Gasteiger partial charge on any atom is 0.371 e. The molecule has 3 N–H and O–H groups in total. The number of hydrogen-bond donors (Lipinski definition) is 2. The van der Waals surface area contributed by atoms with Crippen LogP contribution < -0.4 is 5.73 Å². The molecule has 18 heavy (non-hydrogen) atoms. The second-order valence-electron chi connectivity index (χ2n) is 3.76. The van der Waals surface area contributed by atoms with E-state index in [1.165, 1.54) is 23.1 Å². The molecule has 2 heterocycles. The lowest BCUT2D eigenvalue weighted by Gasteiger charge is -2.08. The van der Waals surface area contributed by atoms with E-state index in [1.807, 2.05) is 0 Å². The molecule has 0 saturated heterocycles. The first-order chi connectivity index (χ1) is 8.49. The number of rotatable bonds is 4. The summed E-state index contributed by atoms with van der Waals surface area (Å²) in [5.74, 6) is -1.41. The lowest BCUT2D eigenvalue weighted by Crippen LogP contribution is -2.10. The molecular formula is C11H11N3O4. The van der Waals surface area contributed by atoms with Gasteiger partial charge in [-0.3, -0.25) is 9.48 Å². The number of carbonyl (C=O) groups is 2. The van der Waals surface area contributed by atoms with Gasteiger partial charge in [0.25, 0.3) is 5.91 Å². The zero-order valence-electron chi connectivity index (χ0n) is 9.53. The van der Waals surface area contributed by atoms with Crippen LogP contribution in [0.3, 0.4) is 0 Å². The van der Waals surface area contributed by atoms with E-state index in [-0.39, 0.29) is 17.4 Å². The van der Waals surface area contributed by atoms with Crippen molar-refractivity contribution in [2.75, 3.05) is 0 Å². The summed E-state index contributed by atoms with van der Waals surface area (Å²) in [7, 11) is 0. The summed E-state index contributed by atoms with van der Waals surface area (Å²) >= 11 is 0. The van der Waals surface area contributed by atoms with E-state index in [0.29, 0.717) is 5.76 Å². The molecule has 2 aromatic heterocycles. The van der Waals surface area contributed by atoms with Gasteiger partial charge in [-0.15, -0.1) is 0 Å². The van der Waals surface area contributed by atoms with Crippen LogP contribution in [0.15, 0.2) is 28.9 Å². The SMILES string of the molecule is CC(c1ccc(C(=O)O)o1)n1cc(C(N)=O)cn1. The van der Waals surface area contributed by atoms with Crippen molar-refractivity contribution < 1.29 is 19.1 Å². The van der Waals surface area contributed by atoms with Crippen LogP contribution in [0.4, 0.5) is 0 Å². The summed E-state index contributed by atoms with van der Waals surface area (Å²) in [6, 6.07) is 2.60. The molecule has 7 nitrogen and oxygen atoms in total.